The van der Waals surface area contributed by atoms with Crippen molar-refractivity contribution in [1.29, 1.82) is 0 Å². The Morgan fingerprint density at radius 1 is 1.40 bits per heavy atom. The molecule has 0 aromatic heterocycles. The summed E-state index contributed by atoms with van der Waals surface area (Å²) >= 11 is 3.34. The molecule has 5 nitrogen and oxygen atoms in total. The van der Waals surface area contributed by atoms with Crippen molar-refractivity contribution < 1.29 is 17.9 Å². The quantitative estimate of drug-likeness (QED) is 0.727. The molecule has 0 saturated heterocycles. The Morgan fingerprint density at radius 2 is 2.05 bits per heavy atom. The minimum atomic E-state index is -3.59. The lowest BCUT2D eigenvalue weighted by Crippen LogP contribution is -2.33. The fourth-order valence-electron chi connectivity index (χ4n) is 1.69. The molecule has 0 aliphatic rings. The summed E-state index contributed by atoms with van der Waals surface area (Å²) in [5.74, 6) is -0.425. The number of carbonyl (C=O) groups is 1. The standard InChI is InChI=1S/C13H18BrNO4S/c1-4-15(8-7-13(16)19-3)20(17,18)11-5-6-12(14)10(2)9-11/h5-6,9H,4,7-8H2,1-3H3. The largest absolute Gasteiger partial charge is 0.469 e. The second kappa shape index (κ2) is 7.19. The van der Waals surface area contributed by atoms with Crippen molar-refractivity contribution in [2.24, 2.45) is 0 Å². The van der Waals surface area contributed by atoms with Gasteiger partial charge in [0, 0.05) is 17.6 Å². The Balaban J connectivity index is 2.99. The predicted molar refractivity (Wildman–Crippen MR) is 79.9 cm³/mol. The van der Waals surface area contributed by atoms with Crippen LogP contribution in [-0.2, 0) is 19.6 Å². The number of hydrogen-bond donors (Lipinski definition) is 0. The second-order valence-electron chi connectivity index (χ2n) is 4.23. The smallest absolute Gasteiger partial charge is 0.306 e. The zero-order valence-electron chi connectivity index (χ0n) is 11.7. The van der Waals surface area contributed by atoms with Crippen LogP contribution in [0.3, 0.4) is 0 Å². The van der Waals surface area contributed by atoms with Crippen LogP contribution < -0.4 is 0 Å². The molecule has 0 atom stereocenters. The lowest BCUT2D eigenvalue weighted by atomic mass is 10.2. The number of halogens is 1. The summed E-state index contributed by atoms with van der Waals surface area (Å²) in [6.07, 6.45) is 0.0408. The Kier molecular flexibility index (Phi) is 6.16. The van der Waals surface area contributed by atoms with E-state index in [0.29, 0.717) is 6.54 Å². The molecule has 0 amide bonds. The first-order chi connectivity index (χ1) is 9.32. The summed E-state index contributed by atoms with van der Waals surface area (Å²) in [5, 5.41) is 0. The lowest BCUT2D eigenvalue weighted by Gasteiger charge is -2.20. The highest BCUT2D eigenvalue weighted by Gasteiger charge is 2.24. The maximum absolute atomic E-state index is 12.5. The van der Waals surface area contributed by atoms with Gasteiger partial charge in [-0.15, -0.1) is 0 Å². The van der Waals surface area contributed by atoms with Gasteiger partial charge in [0.1, 0.15) is 0 Å². The molecule has 0 N–H and O–H groups in total. The van der Waals surface area contributed by atoms with Crippen LogP contribution in [0.2, 0.25) is 0 Å². The van der Waals surface area contributed by atoms with Gasteiger partial charge < -0.3 is 4.74 Å². The average Bonchev–Trinajstić information content (AvgIpc) is 2.41. The molecule has 7 heteroatoms. The van der Waals surface area contributed by atoms with Crippen LogP contribution in [0.5, 0.6) is 0 Å². The maximum atomic E-state index is 12.5. The first-order valence-electron chi connectivity index (χ1n) is 6.16. The van der Waals surface area contributed by atoms with E-state index < -0.39 is 16.0 Å². The second-order valence-corrected chi connectivity index (χ2v) is 7.03. The van der Waals surface area contributed by atoms with Gasteiger partial charge in [0.25, 0.3) is 0 Å². The monoisotopic (exact) mass is 363 g/mol. The predicted octanol–water partition coefficient (Wildman–Crippen LogP) is 2.33. The Morgan fingerprint density at radius 3 is 2.55 bits per heavy atom. The minimum Gasteiger partial charge on any atom is -0.469 e. The van der Waals surface area contributed by atoms with E-state index in [2.05, 4.69) is 20.7 Å². The zero-order valence-corrected chi connectivity index (χ0v) is 14.1. The average molecular weight is 364 g/mol. The molecule has 0 aliphatic carbocycles. The van der Waals surface area contributed by atoms with Crippen molar-refractivity contribution in [2.45, 2.75) is 25.2 Å². The van der Waals surface area contributed by atoms with Gasteiger partial charge in [0.15, 0.2) is 0 Å². The molecule has 112 valence electrons. The third-order valence-electron chi connectivity index (χ3n) is 2.91. The number of ether oxygens (including phenoxy) is 1. The van der Waals surface area contributed by atoms with Gasteiger partial charge in [0.05, 0.1) is 18.4 Å². The van der Waals surface area contributed by atoms with Crippen molar-refractivity contribution in [2.75, 3.05) is 20.2 Å². The van der Waals surface area contributed by atoms with E-state index in [1.165, 1.54) is 11.4 Å². The highest BCUT2D eigenvalue weighted by Crippen LogP contribution is 2.22. The number of aryl methyl sites for hydroxylation is 1. The van der Waals surface area contributed by atoms with Crippen LogP contribution in [0.1, 0.15) is 18.9 Å². The number of sulfonamides is 1. The van der Waals surface area contributed by atoms with E-state index in [4.69, 9.17) is 0 Å². The van der Waals surface area contributed by atoms with Gasteiger partial charge in [-0.05, 0) is 30.7 Å². The number of esters is 1. The molecule has 1 rings (SSSR count). The molecule has 0 bridgehead atoms. The van der Waals surface area contributed by atoms with E-state index in [-0.39, 0.29) is 17.9 Å². The third kappa shape index (κ3) is 4.04. The summed E-state index contributed by atoms with van der Waals surface area (Å²) in [5.41, 5.74) is 0.843. The fourth-order valence-corrected chi connectivity index (χ4v) is 3.48. The molecular formula is C13H18BrNO4S. The molecule has 0 aliphatic heterocycles. The number of methoxy groups -OCH3 is 1. The Bertz CT molecular complexity index is 586. The summed E-state index contributed by atoms with van der Waals surface area (Å²) < 4.78 is 31.6. The molecule has 0 spiro atoms. The van der Waals surface area contributed by atoms with Gasteiger partial charge in [0.2, 0.25) is 10.0 Å². The van der Waals surface area contributed by atoms with E-state index >= 15 is 0 Å². The first kappa shape index (κ1) is 17.1. The van der Waals surface area contributed by atoms with Crippen molar-refractivity contribution in [1.82, 2.24) is 4.31 Å². The van der Waals surface area contributed by atoms with Crippen molar-refractivity contribution in [3.8, 4) is 0 Å². The normalized spacial score (nSPS) is 11.7. The molecule has 0 unspecified atom stereocenters. The van der Waals surface area contributed by atoms with Crippen molar-refractivity contribution >= 4 is 31.9 Å². The number of hydrogen-bond acceptors (Lipinski definition) is 4. The molecule has 1 aromatic carbocycles. The minimum absolute atomic E-state index is 0.0408. The molecular weight excluding hydrogens is 346 g/mol. The zero-order chi connectivity index (χ0) is 15.3. The third-order valence-corrected chi connectivity index (χ3v) is 5.77. The molecule has 0 saturated carbocycles. The van der Waals surface area contributed by atoms with E-state index in [9.17, 15) is 13.2 Å². The lowest BCUT2D eigenvalue weighted by molar-refractivity contribution is -0.140. The molecule has 0 heterocycles. The molecule has 1 aromatic rings. The number of rotatable bonds is 6. The van der Waals surface area contributed by atoms with Crippen LogP contribution in [0.15, 0.2) is 27.6 Å². The molecule has 20 heavy (non-hydrogen) atoms. The van der Waals surface area contributed by atoms with Gasteiger partial charge in [-0.25, -0.2) is 8.42 Å². The Labute approximate surface area is 128 Å². The molecule has 0 radical (unpaired) electrons. The van der Waals surface area contributed by atoms with E-state index in [1.807, 2.05) is 6.92 Å². The van der Waals surface area contributed by atoms with Crippen LogP contribution in [-0.4, -0.2) is 38.9 Å². The highest BCUT2D eigenvalue weighted by atomic mass is 79.9. The number of nitrogens with zero attached hydrogens (tertiary/aromatic N) is 1. The van der Waals surface area contributed by atoms with E-state index in [1.54, 1.807) is 25.1 Å². The van der Waals surface area contributed by atoms with Crippen LogP contribution in [0.25, 0.3) is 0 Å². The van der Waals surface area contributed by atoms with Gasteiger partial charge >= 0.3 is 5.97 Å². The SMILES string of the molecule is CCN(CCC(=O)OC)S(=O)(=O)c1ccc(Br)c(C)c1. The first-order valence-corrected chi connectivity index (χ1v) is 8.39. The van der Waals surface area contributed by atoms with Gasteiger partial charge in [-0.1, -0.05) is 22.9 Å². The number of carbonyl (C=O) groups excluding carboxylic acids is 1. The van der Waals surface area contributed by atoms with Crippen LogP contribution >= 0.6 is 15.9 Å². The maximum Gasteiger partial charge on any atom is 0.306 e. The fraction of sp³-hybridized carbons (Fsp3) is 0.462. The summed E-state index contributed by atoms with van der Waals surface area (Å²) in [7, 11) is -2.31. The van der Waals surface area contributed by atoms with Crippen molar-refractivity contribution in [3.05, 3.63) is 28.2 Å². The summed E-state index contributed by atoms with van der Waals surface area (Å²) in [4.78, 5) is 11.4. The van der Waals surface area contributed by atoms with Gasteiger partial charge in [-0.2, -0.15) is 4.31 Å². The summed E-state index contributed by atoms with van der Waals surface area (Å²) in [6.45, 7) is 3.98. The van der Waals surface area contributed by atoms with Crippen LogP contribution in [0, 0.1) is 6.92 Å². The highest BCUT2D eigenvalue weighted by molar-refractivity contribution is 9.10. The van der Waals surface area contributed by atoms with Gasteiger partial charge in [-0.3, -0.25) is 4.79 Å². The summed E-state index contributed by atoms with van der Waals surface area (Å²) in [6, 6.07) is 4.86. The molecule has 0 fully saturated rings. The van der Waals surface area contributed by atoms with Crippen molar-refractivity contribution in [3.63, 3.8) is 0 Å². The van der Waals surface area contributed by atoms with Crippen LogP contribution in [0.4, 0.5) is 0 Å². The number of benzene rings is 1. The topological polar surface area (TPSA) is 63.7 Å². The van der Waals surface area contributed by atoms with E-state index in [0.717, 1.165) is 10.0 Å². The Hall–Kier alpha value is -0.920.